The number of carbonyl (C=O) groups is 2. The summed E-state index contributed by atoms with van der Waals surface area (Å²) in [5.41, 5.74) is 6.61. The Morgan fingerprint density at radius 2 is 1.71 bits per heavy atom. The fraction of sp³-hybridized carbons (Fsp3) is 0.370. The molecule has 1 atom stereocenters. The molecule has 1 heterocycles. The van der Waals surface area contributed by atoms with E-state index in [0.717, 1.165) is 18.4 Å². The van der Waals surface area contributed by atoms with Crippen molar-refractivity contribution in [3.05, 3.63) is 64.7 Å². The van der Waals surface area contributed by atoms with E-state index in [1.165, 1.54) is 19.2 Å². The largest absolute Gasteiger partial charge is 0.467 e. The van der Waals surface area contributed by atoms with Crippen LogP contribution in [-0.4, -0.2) is 59.3 Å². The van der Waals surface area contributed by atoms with Gasteiger partial charge >= 0.3 is 18.2 Å². The molecular formula is C27H29ClF3N7O4. The molecule has 0 spiro atoms. The van der Waals surface area contributed by atoms with Crippen LogP contribution in [0.5, 0.6) is 6.01 Å². The summed E-state index contributed by atoms with van der Waals surface area (Å²) in [4.78, 5) is 37.0. The van der Waals surface area contributed by atoms with Crippen LogP contribution in [0.2, 0.25) is 5.02 Å². The minimum Gasteiger partial charge on any atom is -0.467 e. The first-order chi connectivity index (χ1) is 20.0. The maximum Gasteiger partial charge on any atom is 0.422 e. The average molecular weight is 608 g/mol. The zero-order valence-corrected chi connectivity index (χ0v) is 23.3. The van der Waals surface area contributed by atoms with Crippen LogP contribution in [0.4, 0.5) is 30.8 Å². The number of ether oxygens (including phenoxy) is 2. The van der Waals surface area contributed by atoms with Crippen molar-refractivity contribution in [2.45, 2.75) is 43.4 Å². The van der Waals surface area contributed by atoms with Crippen molar-refractivity contribution in [3.8, 4) is 6.01 Å². The number of nitrogens with two attached hydrogens (primary N) is 1. The number of esters is 1. The van der Waals surface area contributed by atoms with E-state index in [-0.39, 0.29) is 17.5 Å². The highest BCUT2D eigenvalue weighted by atomic mass is 35.5. The summed E-state index contributed by atoms with van der Waals surface area (Å²) in [6.07, 6.45) is -2.27. The number of benzene rings is 2. The van der Waals surface area contributed by atoms with Gasteiger partial charge in [0.25, 0.3) is 5.91 Å². The number of nitrogens with zero attached hydrogens (tertiary/aromatic N) is 3. The molecule has 0 aliphatic heterocycles. The molecule has 0 saturated heterocycles. The molecule has 5 N–H and O–H groups in total. The van der Waals surface area contributed by atoms with E-state index in [4.69, 9.17) is 26.8 Å². The second-order valence-electron chi connectivity index (χ2n) is 9.57. The second-order valence-corrected chi connectivity index (χ2v) is 10.0. The molecule has 1 unspecified atom stereocenters. The van der Waals surface area contributed by atoms with E-state index in [1.807, 2.05) is 12.1 Å². The number of carbonyl (C=O) groups excluding carboxylic acids is 2. The quantitative estimate of drug-likeness (QED) is 0.207. The van der Waals surface area contributed by atoms with Gasteiger partial charge in [-0.15, -0.1) is 0 Å². The third kappa shape index (κ3) is 8.42. The first-order valence-corrected chi connectivity index (χ1v) is 13.3. The Morgan fingerprint density at radius 1 is 1.05 bits per heavy atom. The molecule has 1 saturated carbocycles. The molecule has 1 aromatic heterocycles. The summed E-state index contributed by atoms with van der Waals surface area (Å²) in [6, 6.07) is 11.9. The van der Waals surface area contributed by atoms with E-state index >= 15 is 0 Å². The lowest BCUT2D eigenvalue weighted by Gasteiger charge is -2.19. The van der Waals surface area contributed by atoms with Gasteiger partial charge in [0.15, 0.2) is 6.61 Å². The molecule has 42 heavy (non-hydrogen) atoms. The standard InChI is InChI=1S/C27H29ClF3N7O4/c1-41-22(40)20(3-2-14-32)34-21(39)16-4-10-19(11-5-16)33-23-35-24(37-25(36-23)42-15-27(29,30)31)38-26(12-13-26)17-6-8-18(28)9-7-17/h4-11,20H,2-3,12-15,32H2,1H3,(H,34,39)(H2,33,35,36,37,38). The summed E-state index contributed by atoms with van der Waals surface area (Å²) in [5, 5.41) is 9.29. The van der Waals surface area contributed by atoms with Crippen molar-refractivity contribution in [1.82, 2.24) is 20.3 Å². The highest BCUT2D eigenvalue weighted by molar-refractivity contribution is 6.30. The van der Waals surface area contributed by atoms with Crippen molar-refractivity contribution in [2.24, 2.45) is 5.73 Å². The zero-order valence-electron chi connectivity index (χ0n) is 22.5. The number of methoxy groups -OCH3 is 1. The highest BCUT2D eigenvalue weighted by Gasteiger charge is 2.45. The van der Waals surface area contributed by atoms with Gasteiger partial charge in [-0.25, -0.2) is 4.79 Å². The predicted octanol–water partition coefficient (Wildman–Crippen LogP) is 4.32. The maximum absolute atomic E-state index is 12.8. The molecule has 1 aliphatic carbocycles. The number of hydrogen-bond donors (Lipinski definition) is 4. The number of aromatic nitrogens is 3. The van der Waals surface area contributed by atoms with Gasteiger partial charge in [0, 0.05) is 16.3 Å². The van der Waals surface area contributed by atoms with Gasteiger partial charge in [0.2, 0.25) is 11.9 Å². The Balaban J connectivity index is 1.51. The van der Waals surface area contributed by atoms with Gasteiger partial charge in [-0.05, 0) is 74.2 Å². The normalized spacial score (nSPS) is 14.4. The molecule has 4 rings (SSSR count). The maximum atomic E-state index is 12.8. The first-order valence-electron chi connectivity index (χ1n) is 13.0. The summed E-state index contributed by atoms with van der Waals surface area (Å²) in [5.74, 6) is -1.15. The predicted molar refractivity (Wildman–Crippen MR) is 149 cm³/mol. The van der Waals surface area contributed by atoms with E-state index in [1.54, 1.807) is 24.3 Å². The van der Waals surface area contributed by atoms with Crippen molar-refractivity contribution < 1.29 is 32.2 Å². The van der Waals surface area contributed by atoms with Crippen molar-refractivity contribution in [1.29, 1.82) is 0 Å². The third-order valence-corrected chi connectivity index (χ3v) is 6.62. The van der Waals surface area contributed by atoms with E-state index in [0.29, 0.717) is 30.1 Å². The van der Waals surface area contributed by atoms with Crippen LogP contribution in [0.25, 0.3) is 0 Å². The van der Waals surface area contributed by atoms with E-state index < -0.39 is 42.3 Å². The number of alkyl halides is 3. The number of nitrogens with one attached hydrogen (secondary N) is 3. The molecule has 11 nitrogen and oxygen atoms in total. The topological polar surface area (TPSA) is 153 Å². The number of rotatable bonds is 13. The highest BCUT2D eigenvalue weighted by Crippen LogP contribution is 2.48. The van der Waals surface area contributed by atoms with Crippen LogP contribution < -0.4 is 26.4 Å². The average Bonchev–Trinajstić information content (AvgIpc) is 3.74. The van der Waals surface area contributed by atoms with Gasteiger partial charge in [-0.2, -0.15) is 28.1 Å². The molecule has 3 aromatic rings. The van der Waals surface area contributed by atoms with Crippen LogP contribution in [0.1, 0.15) is 41.6 Å². The Hall–Kier alpha value is -4.17. The SMILES string of the molecule is COC(=O)C(CCCN)NC(=O)c1ccc(Nc2nc(NC3(c4ccc(Cl)cc4)CC3)nc(OCC(F)(F)F)n2)cc1. The molecule has 1 amide bonds. The molecule has 0 radical (unpaired) electrons. The van der Waals surface area contributed by atoms with Gasteiger partial charge in [-0.3, -0.25) is 4.79 Å². The summed E-state index contributed by atoms with van der Waals surface area (Å²) < 4.78 is 48.0. The summed E-state index contributed by atoms with van der Waals surface area (Å²) in [6.45, 7) is -1.23. The fourth-order valence-electron chi connectivity index (χ4n) is 4.06. The van der Waals surface area contributed by atoms with E-state index in [9.17, 15) is 22.8 Å². The van der Waals surface area contributed by atoms with Gasteiger partial charge in [0.1, 0.15) is 6.04 Å². The van der Waals surface area contributed by atoms with Crippen molar-refractivity contribution >= 4 is 41.1 Å². The lowest BCUT2D eigenvalue weighted by molar-refractivity contribution is -0.154. The number of anilines is 3. The number of halogens is 4. The van der Waals surface area contributed by atoms with Crippen LogP contribution in [-0.2, 0) is 15.1 Å². The van der Waals surface area contributed by atoms with Gasteiger partial charge < -0.3 is 31.2 Å². The summed E-state index contributed by atoms with van der Waals surface area (Å²) in [7, 11) is 1.23. The van der Waals surface area contributed by atoms with Crippen LogP contribution in [0.3, 0.4) is 0 Å². The molecule has 1 aliphatic rings. The monoisotopic (exact) mass is 607 g/mol. The van der Waals surface area contributed by atoms with Gasteiger partial charge in [-0.1, -0.05) is 23.7 Å². The fourth-order valence-corrected chi connectivity index (χ4v) is 4.19. The molecule has 15 heteroatoms. The molecule has 0 bridgehead atoms. The minimum absolute atomic E-state index is 0.0134. The number of hydrogen-bond acceptors (Lipinski definition) is 10. The first kappa shape index (κ1) is 30.8. The lowest BCUT2D eigenvalue weighted by Crippen LogP contribution is -2.41. The third-order valence-electron chi connectivity index (χ3n) is 6.37. The second kappa shape index (κ2) is 13.2. The minimum atomic E-state index is -4.59. The molecule has 1 fully saturated rings. The summed E-state index contributed by atoms with van der Waals surface area (Å²) >= 11 is 6.00. The Kier molecular flexibility index (Phi) is 9.68. The zero-order chi connectivity index (χ0) is 30.3. The lowest BCUT2D eigenvalue weighted by atomic mass is 10.1. The van der Waals surface area contributed by atoms with Gasteiger partial charge in [0.05, 0.1) is 12.6 Å². The Morgan fingerprint density at radius 3 is 2.31 bits per heavy atom. The van der Waals surface area contributed by atoms with Crippen LogP contribution in [0, 0.1) is 0 Å². The van der Waals surface area contributed by atoms with Crippen LogP contribution in [0.15, 0.2) is 48.5 Å². The smallest absolute Gasteiger partial charge is 0.422 e. The van der Waals surface area contributed by atoms with Crippen molar-refractivity contribution in [3.63, 3.8) is 0 Å². The molecule has 224 valence electrons. The Labute approximate surface area is 244 Å². The molecular weight excluding hydrogens is 579 g/mol. The van der Waals surface area contributed by atoms with E-state index in [2.05, 4.69) is 30.9 Å². The molecule has 2 aromatic carbocycles. The Bertz CT molecular complexity index is 1390. The van der Waals surface area contributed by atoms with Crippen LogP contribution >= 0.6 is 11.6 Å². The van der Waals surface area contributed by atoms with Crippen molar-refractivity contribution in [2.75, 3.05) is 30.9 Å². The number of amides is 1.